The standard InChI is InChI=1S/C13H17BrFN/c14-12-6-5-10(15)8-11(12)13(16)7-9-3-1-2-4-9/h5-6,8-9,13H,1-4,7,16H2. The van der Waals surface area contributed by atoms with E-state index >= 15 is 0 Å². The molecule has 1 unspecified atom stereocenters. The molecule has 0 aliphatic heterocycles. The second kappa shape index (κ2) is 5.28. The first-order chi connectivity index (χ1) is 7.66. The van der Waals surface area contributed by atoms with Crippen molar-refractivity contribution in [2.75, 3.05) is 0 Å². The molecule has 1 nitrogen and oxygen atoms in total. The van der Waals surface area contributed by atoms with Crippen LogP contribution in [0.5, 0.6) is 0 Å². The fraction of sp³-hybridized carbons (Fsp3) is 0.538. The molecule has 1 fully saturated rings. The quantitative estimate of drug-likeness (QED) is 0.886. The Bertz CT molecular complexity index is 361. The zero-order valence-corrected chi connectivity index (χ0v) is 10.8. The van der Waals surface area contributed by atoms with Crippen LogP contribution in [0.1, 0.15) is 43.7 Å². The minimum Gasteiger partial charge on any atom is -0.324 e. The third-order valence-corrected chi connectivity index (χ3v) is 4.14. The lowest BCUT2D eigenvalue weighted by Gasteiger charge is -2.18. The van der Waals surface area contributed by atoms with Crippen molar-refractivity contribution in [2.24, 2.45) is 11.7 Å². The molecule has 0 bridgehead atoms. The molecule has 0 saturated heterocycles. The first-order valence-corrected chi connectivity index (χ1v) is 6.66. The van der Waals surface area contributed by atoms with Gasteiger partial charge in [0.1, 0.15) is 5.82 Å². The molecule has 2 N–H and O–H groups in total. The highest BCUT2D eigenvalue weighted by Crippen LogP contribution is 2.34. The molecule has 3 heteroatoms. The molecule has 88 valence electrons. The highest BCUT2D eigenvalue weighted by molar-refractivity contribution is 9.10. The zero-order valence-electron chi connectivity index (χ0n) is 9.26. The van der Waals surface area contributed by atoms with Gasteiger partial charge in [-0.3, -0.25) is 0 Å². The lowest BCUT2D eigenvalue weighted by Crippen LogP contribution is -2.15. The van der Waals surface area contributed by atoms with Gasteiger partial charge in [0, 0.05) is 10.5 Å². The second-order valence-corrected chi connectivity index (χ2v) is 5.51. The number of hydrogen-bond acceptors (Lipinski definition) is 1. The summed E-state index contributed by atoms with van der Waals surface area (Å²) in [5, 5.41) is 0. The number of hydrogen-bond donors (Lipinski definition) is 1. The molecule has 0 spiro atoms. The molecule has 16 heavy (non-hydrogen) atoms. The summed E-state index contributed by atoms with van der Waals surface area (Å²) < 4.78 is 14.1. The van der Waals surface area contributed by atoms with E-state index in [0.29, 0.717) is 0 Å². The van der Waals surface area contributed by atoms with Crippen molar-refractivity contribution >= 4 is 15.9 Å². The van der Waals surface area contributed by atoms with Crippen LogP contribution in [0.3, 0.4) is 0 Å². The van der Waals surface area contributed by atoms with E-state index in [9.17, 15) is 4.39 Å². The van der Waals surface area contributed by atoms with Gasteiger partial charge in [-0.1, -0.05) is 41.6 Å². The summed E-state index contributed by atoms with van der Waals surface area (Å²) in [7, 11) is 0. The maximum atomic E-state index is 13.1. The van der Waals surface area contributed by atoms with E-state index < -0.39 is 0 Å². The molecular weight excluding hydrogens is 269 g/mol. The number of benzene rings is 1. The van der Waals surface area contributed by atoms with E-state index in [1.165, 1.54) is 31.7 Å². The molecule has 0 amide bonds. The summed E-state index contributed by atoms with van der Waals surface area (Å²) in [6.07, 6.45) is 6.17. The third-order valence-electron chi connectivity index (χ3n) is 3.42. The average molecular weight is 286 g/mol. The highest BCUT2D eigenvalue weighted by Gasteiger charge is 2.20. The first kappa shape index (κ1) is 12.1. The second-order valence-electron chi connectivity index (χ2n) is 4.66. The number of rotatable bonds is 3. The highest BCUT2D eigenvalue weighted by atomic mass is 79.9. The van der Waals surface area contributed by atoms with Gasteiger partial charge in [0.15, 0.2) is 0 Å². The lowest BCUT2D eigenvalue weighted by molar-refractivity contribution is 0.449. The summed E-state index contributed by atoms with van der Waals surface area (Å²) in [5.41, 5.74) is 7.04. The van der Waals surface area contributed by atoms with Gasteiger partial charge < -0.3 is 5.73 Å². The van der Waals surface area contributed by atoms with Crippen LogP contribution in [-0.4, -0.2) is 0 Å². The Morgan fingerprint density at radius 1 is 1.38 bits per heavy atom. The van der Waals surface area contributed by atoms with Gasteiger partial charge >= 0.3 is 0 Å². The van der Waals surface area contributed by atoms with Gasteiger partial charge in [-0.25, -0.2) is 4.39 Å². The fourth-order valence-corrected chi connectivity index (χ4v) is 3.07. The van der Waals surface area contributed by atoms with E-state index in [0.717, 1.165) is 22.4 Å². The fourth-order valence-electron chi connectivity index (χ4n) is 2.53. The molecule has 0 radical (unpaired) electrons. The lowest BCUT2D eigenvalue weighted by atomic mass is 9.94. The van der Waals surface area contributed by atoms with Gasteiger partial charge in [-0.15, -0.1) is 0 Å². The zero-order chi connectivity index (χ0) is 11.5. The van der Waals surface area contributed by atoms with Gasteiger partial charge in [0.05, 0.1) is 0 Å². The predicted octanol–water partition coefficient (Wildman–Crippen LogP) is 4.17. The van der Waals surface area contributed by atoms with Crippen LogP contribution in [0, 0.1) is 11.7 Å². The van der Waals surface area contributed by atoms with Crippen LogP contribution >= 0.6 is 15.9 Å². The summed E-state index contributed by atoms with van der Waals surface area (Å²) in [6.45, 7) is 0. The van der Waals surface area contributed by atoms with Gasteiger partial charge in [0.2, 0.25) is 0 Å². The predicted molar refractivity (Wildman–Crippen MR) is 67.6 cm³/mol. The first-order valence-electron chi connectivity index (χ1n) is 5.87. The summed E-state index contributed by atoms with van der Waals surface area (Å²) in [5.74, 6) is 0.519. The summed E-state index contributed by atoms with van der Waals surface area (Å²) in [6, 6.07) is 4.69. The van der Waals surface area contributed by atoms with Gasteiger partial charge in [0.25, 0.3) is 0 Å². The monoisotopic (exact) mass is 285 g/mol. The minimum atomic E-state index is -0.208. The maximum absolute atomic E-state index is 13.1. The average Bonchev–Trinajstić information content (AvgIpc) is 2.74. The SMILES string of the molecule is NC(CC1CCCC1)c1cc(F)ccc1Br. The Balaban J connectivity index is 2.07. The van der Waals surface area contributed by atoms with Gasteiger partial charge in [-0.05, 0) is 36.1 Å². The van der Waals surface area contributed by atoms with E-state index in [1.807, 2.05) is 0 Å². The van der Waals surface area contributed by atoms with Crippen molar-refractivity contribution in [3.63, 3.8) is 0 Å². The molecule has 2 rings (SSSR count). The molecule has 1 aromatic carbocycles. The van der Waals surface area contributed by atoms with E-state index in [-0.39, 0.29) is 11.9 Å². The largest absolute Gasteiger partial charge is 0.324 e. The van der Waals surface area contributed by atoms with E-state index in [2.05, 4.69) is 15.9 Å². The van der Waals surface area contributed by atoms with Crippen molar-refractivity contribution in [1.29, 1.82) is 0 Å². The molecule has 1 atom stereocenters. The molecular formula is C13H17BrFN. The minimum absolute atomic E-state index is 0.0480. The molecule has 1 aliphatic rings. The van der Waals surface area contributed by atoms with Crippen molar-refractivity contribution in [1.82, 2.24) is 0 Å². The van der Waals surface area contributed by atoms with Crippen LogP contribution in [0.15, 0.2) is 22.7 Å². The van der Waals surface area contributed by atoms with Crippen LogP contribution in [0.2, 0.25) is 0 Å². The normalized spacial score (nSPS) is 18.9. The molecule has 0 heterocycles. The third kappa shape index (κ3) is 2.83. The molecule has 1 aromatic rings. The van der Waals surface area contributed by atoms with E-state index in [4.69, 9.17) is 5.73 Å². The smallest absolute Gasteiger partial charge is 0.123 e. The van der Waals surface area contributed by atoms with Crippen molar-refractivity contribution in [3.05, 3.63) is 34.1 Å². The van der Waals surface area contributed by atoms with Crippen molar-refractivity contribution in [2.45, 2.75) is 38.1 Å². The van der Waals surface area contributed by atoms with Gasteiger partial charge in [-0.2, -0.15) is 0 Å². The Kier molecular flexibility index (Phi) is 3.98. The van der Waals surface area contributed by atoms with Crippen LogP contribution in [0.4, 0.5) is 4.39 Å². The van der Waals surface area contributed by atoms with Crippen molar-refractivity contribution < 1.29 is 4.39 Å². The van der Waals surface area contributed by atoms with Crippen molar-refractivity contribution in [3.8, 4) is 0 Å². The van der Waals surface area contributed by atoms with Crippen LogP contribution in [-0.2, 0) is 0 Å². The summed E-state index contributed by atoms with van der Waals surface area (Å²) >= 11 is 3.43. The maximum Gasteiger partial charge on any atom is 0.123 e. The molecule has 1 aliphatic carbocycles. The molecule has 1 saturated carbocycles. The number of halogens is 2. The van der Waals surface area contributed by atoms with Crippen LogP contribution < -0.4 is 5.73 Å². The Hall–Kier alpha value is -0.410. The Morgan fingerprint density at radius 3 is 2.75 bits per heavy atom. The summed E-state index contributed by atoms with van der Waals surface area (Å²) in [4.78, 5) is 0. The molecule has 0 aromatic heterocycles. The Morgan fingerprint density at radius 2 is 2.06 bits per heavy atom. The topological polar surface area (TPSA) is 26.0 Å². The number of nitrogens with two attached hydrogens (primary N) is 1. The van der Waals surface area contributed by atoms with Crippen LogP contribution in [0.25, 0.3) is 0 Å². The van der Waals surface area contributed by atoms with E-state index in [1.54, 1.807) is 12.1 Å². The Labute approximate surface area is 104 Å².